The lowest BCUT2D eigenvalue weighted by molar-refractivity contribution is 0.605. The van der Waals surface area contributed by atoms with Crippen molar-refractivity contribution in [2.75, 3.05) is 0 Å². The highest BCUT2D eigenvalue weighted by atomic mass is 16.3. The van der Waals surface area contributed by atoms with E-state index in [-0.39, 0.29) is 0 Å². The lowest BCUT2D eigenvalue weighted by atomic mass is 10.0. The maximum Gasteiger partial charge on any atom is 0.182 e. The van der Waals surface area contributed by atoms with Gasteiger partial charge in [-0.3, -0.25) is 4.57 Å². The Hall–Kier alpha value is -7.05. The van der Waals surface area contributed by atoms with Crippen molar-refractivity contribution < 1.29 is 4.42 Å². The quantitative estimate of drug-likeness (QED) is 0.191. The second-order valence-corrected chi connectivity index (χ2v) is 13.3. The zero-order chi connectivity index (χ0) is 33.2. The molecule has 0 radical (unpaired) electrons. The molecular weight excluding hydrogens is 627 g/mol. The van der Waals surface area contributed by atoms with Gasteiger partial charge in [-0.1, -0.05) is 84.9 Å². The van der Waals surface area contributed by atoms with Crippen LogP contribution in [0.1, 0.15) is 0 Å². The summed E-state index contributed by atoms with van der Waals surface area (Å²) >= 11 is 0. The van der Waals surface area contributed by atoms with Gasteiger partial charge in [0.1, 0.15) is 11.3 Å². The van der Waals surface area contributed by atoms with Gasteiger partial charge in [-0.05, 0) is 71.8 Å². The van der Waals surface area contributed by atoms with Gasteiger partial charge in [-0.2, -0.15) is 0 Å². The number of nitrogens with zero attached hydrogens (tertiary/aromatic N) is 5. The molecule has 0 saturated carbocycles. The van der Waals surface area contributed by atoms with Gasteiger partial charge in [0.15, 0.2) is 17.8 Å². The lowest BCUT2D eigenvalue weighted by Gasteiger charge is -2.13. The lowest BCUT2D eigenvalue weighted by Crippen LogP contribution is -2.02. The summed E-state index contributed by atoms with van der Waals surface area (Å²) < 4.78 is 10.6. The average Bonchev–Trinajstić information content (AvgIpc) is 3.96. The molecule has 5 aromatic heterocycles. The fraction of sp³-hybridized carbons (Fsp3) is 0. The molecule has 0 fully saturated rings. The van der Waals surface area contributed by atoms with E-state index in [1.54, 1.807) is 6.39 Å². The smallest absolute Gasteiger partial charge is 0.182 e. The number of hydrogen-bond acceptors (Lipinski definition) is 4. The molecule has 7 aromatic carbocycles. The highest BCUT2D eigenvalue weighted by Crippen LogP contribution is 2.44. The van der Waals surface area contributed by atoms with Gasteiger partial charge in [0.05, 0.1) is 38.5 Å². The van der Waals surface area contributed by atoms with Crippen LogP contribution in [-0.4, -0.2) is 23.9 Å². The average molecular weight is 652 g/mol. The molecule has 6 nitrogen and oxygen atoms in total. The van der Waals surface area contributed by atoms with Gasteiger partial charge < -0.3 is 8.82 Å². The van der Waals surface area contributed by atoms with E-state index in [0.717, 1.165) is 82.5 Å². The summed E-state index contributed by atoms with van der Waals surface area (Å²) in [6.07, 6.45) is 1.54. The molecular formula is C45H25N5O. The van der Waals surface area contributed by atoms with Crippen LogP contribution >= 0.6 is 0 Å². The van der Waals surface area contributed by atoms with Gasteiger partial charge in [0.2, 0.25) is 0 Å². The predicted molar refractivity (Wildman–Crippen MR) is 207 cm³/mol. The molecule has 5 heterocycles. The minimum atomic E-state index is 0.679. The van der Waals surface area contributed by atoms with Crippen LogP contribution in [0.3, 0.4) is 0 Å². The zero-order valence-corrected chi connectivity index (χ0v) is 27.1. The summed E-state index contributed by atoms with van der Waals surface area (Å²) in [5.41, 5.74) is 11.5. The molecule has 236 valence electrons. The maximum absolute atomic E-state index is 5.96. The number of oxazole rings is 1. The highest BCUT2D eigenvalue weighted by molar-refractivity contribution is 6.30. The third-order valence-electron chi connectivity index (χ3n) is 10.6. The van der Waals surface area contributed by atoms with Gasteiger partial charge in [0, 0.05) is 37.9 Å². The highest BCUT2D eigenvalue weighted by Gasteiger charge is 2.23. The van der Waals surface area contributed by atoms with Crippen molar-refractivity contribution in [2.45, 2.75) is 0 Å². The van der Waals surface area contributed by atoms with Crippen molar-refractivity contribution in [3.05, 3.63) is 152 Å². The molecule has 0 bridgehead atoms. The van der Waals surface area contributed by atoms with Crippen molar-refractivity contribution >= 4 is 81.9 Å². The summed E-state index contributed by atoms with van der Waals surface area (Å²) in [5.74, 6) is 1.54. The Morgan fingerprint density at radius 3 is 2.02 bits per heavy atom. The van der Waals surface area contributed by atoms with Crippen molar-refractivity contribution in [3.63, 3.8) is 0 Å². The molecule has 0 aliphatic rings. The second-order valence-electron chi connectivity index (χ2n) is 13.3. The molecule has 0 aliphatic carbocycles. The Bertz CT molecular complexity index is 3370. The predicted octanol–water partition coefficient (Wildman–Crippen LogP) is 11.4. The first-order valence-electron chi connectivity index (χ1n) is 17.1. The molecule has 12 aromatic rings. The summed E-state index contributed by atoms with van der Waals surface area (Å²) in [5, 5.41) is 7.90. The number of fused-ring (bicyclic) bond motifs is 12. The van der Waals surface area contributed by atoms with Crippen LogP contribution in [0.25, 0.3) is 110 Å². The third-order valence-corrected chi connectivity index (χ3v) is 10.6. The number of hydrogen-bond donors (Lipinski definition) is 0. The van der Waals surface area contributed by atoms with Crippen LogP contribution in [0, 0.1) is 0 Å². The Labute approximate surface area is 289 Å². The second kappa shape index (κ2) is 9.77. The number of aromatic nitrogens is 5. The van der Waals surface area contributed by atoms with E-state index in [0.29, 0.717) is 5.82 Å². The minimum absolute atomic E-state index is 0.679. The summed E-state index contributed by atoms with van der Waals surface area (Å²) in [4.78, 5) is 15.2. The van der Waals surface area contributed by atoms with Crippen molar-refractivity contribution in [1.29, 1.82) is 0 Å². The largest absolute Gasteiger partial charge is 0.443 e. The maximum atomic E-state index is 5.96. The summed E-state index contributed by atoms with van der Waals surface area (Å²) in [7, 11) is 0. The molecule has 12 rings (SSSR count). The molecule has 0 N–H and O–H groups in total. The first kappa shape index (κ1) is 26.9. The summed E-state index contributed by atoms with van der Waals surface area (Å²) in [6.45, 7) is 0. The first-order valence-corrected chi connectivity index (χ1v) is 17.1. The fourth-order valence-electron chi connectivity index (χ4n) is 8.39. The Kier molecular flexibility index (Phi) is 5.14. The van der Waals surface area contributed by atoms with Crippen LogP contribution in [0.5, 0.6) is 0 Å². The van der Waals surface area contributed by atoms with Crippen molar-refractivity contribution in [1.82, 2.24) is 23.9 Å². The first-order chi connectivity index (χ1) is 25.3. The van der Waals surface area contributed by atoms with Crippen LogP contribution < -0.4 is 0 Å². The number of rotatable bonds is 3. The van der Waals surface area contributed by atoms with Crippen LogP contribution in [-0.2, 0) is 0 Å². The molecule has 0 saturated heterocycles. The SMILES string of the molecule is c1ccc(-c2ccc3c(c2)c2ccccc2n3-c2nc(-c3ccc4c(c3)c3cc5ncoc5c5c6ccccc6n4c35)nc3ccccc23)cc1. The van der Waals surface area contributed by atoms with Crippen molar-refractivity contribution in [3.8, 4) is 28.3 Å². The van der Waals surface area contributed by atoms with E-state index < -0.39 is 0 Å². The molecule has 0 aliphatic heterocycles. The fourth-order valence-corrected chi connectivity index (χ4v) is 8.39. The Morgan fingerprint density at radius 2 is 1.12 bits per heavy atom. The molecule has 6 heteroatoms. The Morgan fingerprint density at radius 1 is 0.451 bits per heavy atom. The van der Waals surface area contributed by atoms with Gasteiger partial charge in [0.25, 0.3) is 0 Å². The van der Waals surface area contributed by atoms with E-state index in [1.165, 1.54) is 21.9 Å². The topological polar surface area (TPSA) is 61.2 Å². The normalized spacial score (nSPS) is 12.3. The number of para-hydroxylation sites is 3. The van der Waals surface area contributed by atoms with Crippen LogP contribution in [0.15, 0.2) is 156 Å². The Balaban J connectivity index is 1.13. The van der Waals surface area contributed by atoms with Crippen molar-refractivity contribution in [2.24, 2.45) is 0 Å². The molecule has 51 heavy (non-hydrogen) atoms. The monoisotopic (exact) mass is 651 g/mol. The van der Waals surface area contributed by atoms with Gasteiger partial charge in [-0.15, -0.1) is 0 Å². The molecule has 0 atom stereocenters. The van der Waals surface area contributed by atoms with E-state index in [2.05, 4.69) is 153 Å². The third kappa shape index (κ3) is 3.57. The standard InChI is InChI=1S/C45H25N5O/c1-2-10-26(11-3-1)27-18-20-40-32(22-27)29-12-5-8-16-37(29)50(40)45-30-13-4-7-15-35(30)47-44(48-45)28-19-21-39-33(23-28)34-24-36-43(51-25-46-36)41-31-14-6-9-17-38(31)49(39)42(34)41/h1-25H. The van der Waals surface area contributed by atoms with Crippen LogP contribution in [0.4, 0.5) is 0 Å². The zero-order valence-electron chi connectivity index (χ0n) is 27.1. The van der Waals surface area contributed by atoms with E-state index in [4.69, 9.17) is 14.4 Å². The summed E-state index contributed by atoms with van der Waals surface area (Å²) in [6, 6.07) is 51.5. The van der Waals surface area contributed by atoms with E-state index >= 15 is 0 Å². The number of benzene rings is 7. The molecule has 0 amide bonds. The van der Waals surface area contributed by atoms with Gasteiger partial charge in [-0.25, -0.2) is 15.0 Å². The minimum Gasteiger partial charge on any atom is -0.443 e. The van der Waals surface area contributed by atoms with Crippen LogP contribution in [0.2, 0.25) is 0 Å². The molecule has 0 spiro atoms. The van der Waals surface area contributed by atoms with Gasteiger partial charge >= 0.3 is 0 Å². The molecule has 0 unspecified atom stereocenters. The van der Waals surface area contributed by atoms with E-state index in [1.807, 2.05) is 6.07 Å². The van der Waals surface area contributed by atoms with E-state index in [9.17, 15) is 0 Å².